The van der Waals surface area contributed by atoms with Gasteiger partial charge < -0.3 is 19.5 Å². The number of hydrogen-bond donors (Lipinski definition) is 1. The second-order valence-electron chi connectivity index (χ2n) is 4.15. The number of nitrogens with zero attached hydrogens (tertiary/aromatic N) is 2. The first-order valence-electron chi connectivity index (χ1n) is 5.65. The molecule has 0 spiro atoms. The molecule has 0 aliphatic carbocycles. The molecule has 1 aliphatic rings. The summed E-state index contributed by atoms with van der Waals surface area (Å²) < 4.78 is 10.5. The van der Waals surface area contributed by atoms with Gasteiger partial charge >= 0.3 is 0 Å². The van der Waals surface area contributed by atoms with Gasteiger partial charge in [0.15, 0.2) is 0 Å². The van der Waals surface area contributed by atoms with Crippen molar-refractivity contribution in [2.75, 3.05) is 27.3 Å². The lowest BCUT2D eigenvalue weighted by Gasteiger charge is -2.16. The normalized spacial score (nSPS) is 23.3. The Hall–Kier alpha value is -1.66. The maximum atomic E-state index is 12.2. The number of aromatic nitrogens is 1. The van der Waals surface area contributed by atoms with Crippen molar-refractivity contribution in [3.8, 4) is 5.75 Å². The van der Waals surface area contributed by atoms with Crippen molar-refractivity contribution in [1.29, 1.82) is 0 Å². The number of hydrogen-bond acceptors (Lipinski definition) is 5. The van der Waals surface area contributed by atoms with Gasteiger partial charge in [-0.25, -0.2) is 0 Å². The fraction of sp³-hybridized carbons (Fsp3) is 0.500. The third-order valence-corrected chi connectivity index (χ3v) is 3.14. The summed E-state index contributed by atoms with van der Waals surface area (Å²) in [5.74, 6) is -0.353. The monoisotopic (exact) mass is 252 g/mol. The van der Waals surface area contributed by atoms with Crippen molar-refractivity contribution in [2.24, 2.45) is 0 Å². The number of pyridine rings is 1. The van der Waals surface area contributed by atoms with Gasteiger partial charge in [-0.2, -0.15) is 0 Å². The molecule has 6 nitrogen and oxygen atoms in total. The Morgan fingerprint density at radius 2 is 2.00 bits per heavy atom. The topological polar surface area (TPSA) is 71.9 Å². The van der Waals surface area contributed by atoms with Gasteiger partial charge in [-0.3, -0.25) is 9.78 Å². The van der Waals surface area contributed by atoms with Crippen LogP contribution in [0.4, 0.5) is 0 Å². The number of rotatable bonds is 3. The van der Waals surface area contributed by atoms with Gasteiger partial charge in [0.25, 0.3) is 5.91 Å². The summed E-state index contributed by atoms with van der Waals surface area (Å²) in [6.07, 6.45) is 2.46. The number of ether oxygens (including phenoxy) is 2. The number of carbonyl (C=O) groups excluding carboxylic acids is 1. The molecule has 1 fully saturated rings. The lowest BCUT2D eigenvalue weighted by atomic mass is 10.2. The van der Waals surface area contributed by atoms with E-state index in [4.69, 9.17) is 9.47 Å². The van der Waals surface area contributed by atoms with Crippen LogP contribution in [0.5, 0.6) is 5.75 Å². The van der Waals surface area contributed by atoms with Crippen molar-refractivity contribution < 1.29 is 19.4 Å². The Morgan fingerprint density at radius 3 is 2.50 bits per heavy atom. The van der Waals surface area contributed by atoms with Gasteiger partial charge in [-0.1, -0.05) is 0 Å². The van der Waals surface area contributed by atoms with Crippen molar-refractivity contribution in [3.05, 3.63) is 24.0 Å². The summed E-state index contributed by atoms with van der Waals surface area (Å²) in [7, 11) is 3.18. The maximum Gasteiger partial charge on any atom is 0.257 e. The molecule has 2 heterocycles. The fourth-order valence-electron chi connectivity index (χ4n) is 2.10. The van der Waals surface area contributed by atoms with E-state index in [0.717, 1.165) is 0 Å². The van der Waals surface area contributed by atoms with E-state index in [1.165, 1.54) is 18.5 Å². The van der Waals surface area contributed by atoms with E-state index in [1.807, 2.05) is 0 Å². The number of methoxy groups -OCH3 is 2. The van der Waals surface area contributed by atoms with Crippen LogP contribution in [0, 0.1) is 0 Å². The molecule has 2 rings (SSSR count). The first-order valence-corrected chi connectivity index (χ1v) is 5.65. The van der Waals surface area contributed by atoms with E-state index < -0.39 is 0 Å². The largest absolute Gasteiger partial charge is 0.505 e. The molecule has 1 saturated heterocycles. The van der Waals surface area contributed by atoms with Crippen LogP contribution in [0.1, 0.15) is 10.4 Å². The number of carbonyl (C=O) groups is 1. The van der Waals surface area contributed by atoms with E-state index in [-0.39, 0.29) is 29.4 Å². The van der Waals surface area contributed by atoms with Gasteiger partial charge in [0.2, 0.25) is 0 Å². The Labute approximate surface area is 105 Å². The lowest BCUT2D eigenvalue weighted by molar-refractivity contribution is -0.00461. The molecule has 6 heteroatoms. The average Bonchev–Trinajstić information content (AvgIpc) is 2.81. The van der Waals surface area contributed by atoms with Crippen LogP contribution in [0.15, 0.2) is 18.5 Å². The van der Waals surface area contributed by atoms with Crippen molar-refractivity contribution in [1.82, 2.24) is 9.88 Å². The fourth-order valence-corrected chi connectivity index (χ4v) is 2.10. The summed E-state index contributed by atoms with van der Waals surface area (Å²) in [5, 5.41) is 9.61. The standard InChI is InChI=1S/C12H16N2O4/c1-17-10-6-14(7-11(10)18-2)12(16)8-3-4-13-5-9(8)15/h3-5,10-11,15H,6-7H2,1-2H3. The van der Waals surface area contributed by atoms with Crippen LogP contribution >= 0.6 is 0 Å². The molecular formula is C12H16N2O4. The molecule has 0 aromatic carbocycles. The van der Waals surface area contributed by atoms with Gasteiger partial charge in [0.05, 0.1) is 11.8 Å². The number of amides is 1. The Bertz CT molecular complexity index is 426. The predicted molar refractivity (Wildman–Crippen MR) is 63.4 cm³/mol. The maximum absolute atomic E-state index is 12.2. The quantitative estimate of drug-likeness (QED) is 0.836. The molecule has 1 aliphatic heterocycles. The highest BCUT2D eigenvalue weighted by Gasteiger charge is 2.36. The summed E-state index contributed by atoms with van der Waals surface area (Å²) >= 11 is 0. The summed E-state index contributed by atoms with van der Waals surface area (Å²) in [6.45, 7) is 0.908. The minimum Gasteiger partial charge on any atom is -0.505 e. The average molecular weight is 252 g/mol. The number of aromatic hydroxyl groups is 1. The zero-order valence-corrected chi connectivity index (χ0v) is 10.4. The molecule has 1 N–H and O–H groups in total. The molecular weight excluding hydrogens is 236 g/mol. The lowest BCUT2D eigenvalue weighted by Crippen LogP contribution is -2.30. The van der Waals surface area contributed by atoms with Crippen molar-refractivity contribution in [3.63, 3.8) is 0 Å². The van der Waals surface area contributed by atoms with E-state index in [9.17, 15) is 9.90 Å². The molecule has 1 amide bonds. The zero-order chi connectivity index (χ0) is 13.1. The van der Waals surface area contributed by atoms with Crippen LogP contribution in [-0.2, 0) is 9.47 Å². The Balaban J connectivity index is 2.14. The van der Waals surface area contributed by atoms with Crippen molar-refractivity contribution >= 4 is 5.91 Å². The smallest absolute Gasteiger partial charge is 0.257 e. The van der Waals surface area contributed by atoms with E-state index >= 15 is 0 Å². The highest BCUT2D eigenvalue weighted by atomic mass is 16.5. The van der Waals surface area contributed by atoms with Crippen LogP contribution in [-0.4, -0.2) is 60.4 Å². The minimum absolute atomic E-state index is 0.114. The molecule has 1 aromatic rings. The SMILES string of the molecule is COC1CN(C(=O)c2ccncc2O)CC1OC. The van der Waals surface area contributed by atoms with Crippen LogP contribution in [0.25, 0.3) is 0 Å². The van der Waals surface area contributed by atoms with E-state index in [0.29, 0.717) is 13.1 Å². The van der Waals surface area contributed by atoms with Crippen LogP contribution < -0.4 is 0 Å². The van der Waals surface area contributed by atoms with Gasteiger partial charge in [0, 0.05) is 33.5 Å². The molecule has 2 atom stereocenters. The Kier molecular flexibility index (Phi) is 3.78. The third kappa shape index (κ3) is 2.30. The third-order valence-electron chi connectivity index (χ3n) is 3.14. The molecule has 0 saturated carbocycles. The number of likely N-dealkylation sites (tertiary alicyclic amines) is 1. The second-order valence-corrected chi connectivity index (χ2v) is 4.15. The molecule has 0 bridgehead atoms. The van der Waals surface area contributed by atoms with E-state index in [2.05, 4.69) is 4.98 Å². The highest BCUT2D eigenvalue weighted by molar-refractivity contribution is 5.96. The van der Waals surface area contributed by atoms with Gasteiger partial charge in [-0.05, 0) is 6.07 Å². The molecule has 0 radical (unpaired) electrons. The predicted octanol–water partition coefficient (Wildman–Crippen LogP) is 0.273. The van der Waals surface area contributed by atoms with Gasteiger partial charge in [0.1, 0.15) is 18.0 Å². The van der Waals surface area contributed by atoms with Gasteiger partial charge in [-0.15, -0.1) is 0 Å². The first-order chi connectivity index (χ1) is 8.67. The summed E-state index contributed by atoms with van der Waals surface area (Å²) in [4.78, 5) is 17.6. The highest BCUT2D eigenvalue weighted by Crippen LogP contribution is 2.22. The molecule has 18 heavy (non-hydrogen) atoms. The zero-order valence-electron chi connectivity index (χ0n) is 10.4. The molecule has 2 unspecified atom stereocenters. The van der Waals surface area contributed by atoms with E-state index in [1.54, 1.807) is 19.1 Å². The summed E-state index contributed by atoms with van der Waals surface area (Å²) in [6, 6.07) is 1.50. The van der Waals surface area contributed by atoms with Crippen LogP contribution in [0.3, 0.4) is 0 Å². The summed E-state index contributed by atoms with van der Waals surface area (Å²) in [5.41, 5.74) is 0.247. The van der Waals surface area contributed by atoms with Crippen molar-refractivity contribution in [2.45, 2.75) is 12.2 Å². The molecule has 1 aromatic heterocycles. The minimum atomic E-state index is -0.239. The molecule has 98 valence electrons. The first kappa shape index (κ1) is 12.8. The second kappa shape index (κ2) is 5.32. The van der Waals surface area contributed by atoms with Crippen LogP contribution in [0.2, 0.25) is 0 Å². The Morgan fingerprint density at radius 1 is 1.39 bits per heavy atom.